The number of nitrogens with two attached hydrogens (primary N) is 2. The Morgan fingerprint density at radius 1 is 1.26 bits per heavy atom. The maximum absolute atomic E-state index is 12.3. The Labute approximate surface area is 157 Å². The number of esters is 1. The van der Waals surface area contributed by atoms with Crippen molar-refractivity contribution in [2.75, 3.05) is 18.1 Å². The van der Waals surface area contributed by atoms with Crippen LogP contribution in [0.4, 0.5) is 11.8 Å². The smallest absolute Gasteiger partial charge is 0.340 e. The number of carbonyl (C=O) groups is 1. The minimum Gasteiger partial charge on any atom is -0.462 e. The minimum absolute atomic E-state index is 0.0760. The molecule has 0 unspecified atom stereocenters. The Morgan fingerprint density at radius 3 is 2.63 bits per heavy atom. The summed E-state index contributed by atoms with van der Waals surface area (Å²) >= 11 is 0. The first-order chi connectivity index (χ1) is 12.8. The second-order valence-electron chi connectivity index (χ2n) is 6.52. The monoisotopic (exact) mass is 369 g/mol. The summed E-state index contributed by atoms with van der Waals surface area (Å²) in [5.74, 6) is 0.916. The lowest BCUT2D eigenvalue weighted by atomic mass is 9.99. The molecule has 0 bridgehead atoms. The Morgan fingerprint density at radius 2 is 2.00 bits per heavy atom. The highest BCUT2D eigenvalue weighted by atomic mass is 16.5. The molecule has 8 nitrogen and oxygen atoms in total. The molecule has 0 spiro atoms. The van der Waals surface area contributed by atoms with Crippen molar-refractivity contribution in [2.24, 2.45) is 7.05 Å². The average Bonchev–Trinajstić information content (AvgIpc) is 2.93. The fourth-order valence-corrected chi connectivity index (χ4v) is 2.93. The highest BCUT2D eigenvalue weighted by Gasteiger charge is 2.20. The van der Waals surface area contributed by atoms with Gasteiger partial charge in [-0.15, -0.1) is 0 Å². The molecule has 1 aromatic carbocycles. The molecule has 0 aliphatic rings. The van der Waals surface area contributed by atoms with Crippen LogP contribution in [0.2, 0.25) is 0 Å². The lowest BCUT2D eigenvalue weighted by Gasteiger charge is -2.15. The molecule has 0 atom stereocenters. The van der Waals surface area contributed by atoms with E-state index in [4.69, 9.17) is 20.9 Å². The molecule has 0 fully saturated rings. The van der Waals surface area contributed by atoms with Crippen LogP contribution in [-0.2, 0) is 11.8 Å². The topological polar surface area (TPSA) is 118 Å². The summed E-state index contributed by atoms with van der Waals surface area (Å²) < 4.78 is 13.1. The normalized spacial score (nSPS) is 11.1. The summed E-state index contributed by atoms with van der Waals surface area (Å²) in [5, 5.41) is 0.741. The van der Waals surface area contributed by atoms with E-state index in [1.807, 2.05) is 23.7 Å². The summed E-state index contributed by atoms with van der Waals surface area (Å²) in [6, 6.07) is 3.83. The number of anilines is 2. The zero-order valence-corrected chi connectivity index (χ0v) is 15.8. The number of fused-ring (bicyclic) bond motifs is 1. The molecule has 2 aromatic heterocycles. The van der Waals surface area contributed by atoms with Crippen LogP contribution in [-0.4, -0.2) is 27.1 Å². The van der Waals surface area contributed by atoms with Crippen molar-refractivity contribution >= 4 is 28.6 Å². The predicted molar refractivity (Wildman–Crippen MR) is 104 cm³/mol. The molecule has 3 rings (SSSR count). The quantitative estimate of drug-likeness (QED) is 0.663. The number of hydrogen-bond donors (Lipinski definition) is 2. The van der Waals surface area contributed by atoms with Gasteiger partial charge in [0.1, 0.15) is 5.75 Å². The van der Waals surface area contributed by atoms with E-state index >= 15 is 0 Å². The third-order valence-corrected chi connectivity index (χ3v) is 4.26. The molecule has 2 heterocycles. The van der Waals surface area contributed by atoms with Gasteiger partial charge in [0.05, 0.1) is 18.4 Å². The van der Waals surface area contributed by atoms with Crippen molar-refractivity contribution in [3.05, 3.63) is 35.7 Å². The van der Waals surface area contributed by atoms with Gasteiger partial charge in [0.2, 0.25) is 5.95 Å². The van der Waals surface area contributed by atoms with Crippen molar-refractivity contribution in [3.8, 4) is 11.5 Å². The van der Waals surface area contributed by atoms with Crippen LogP contribution in [0.5, 0.6) is 11.5 Å². The van der Waals surface area contributed by atoms with E-state index in [0.29, 0.717) is 23.7 Å². The van der Waals surface area contributed by atoms with E-state index in [1.54, 1.807) is 13.1 Å². The number of hydrogen-bond acceptors (Lipinski definition) is 7. The van der Waals surface area contributed by atoms with Crippen LogP contribution < -0.4 is 16.2 Å². The van der Waals surface area contributed by atoms with Crippen molar-refractivity contribution in [1.82, 2.24) is 14.5 Å². The number of aryl methyl sites for hydroxylation is 1. The standard InChI is InChI=1S/C19H23N5O3/c1-5-26-18(25)13-9-24(4)14-6-11(10(2)3)15(7-12(13)14)27-16-8-22-19(21)23-17(16)20/h6-10H,5H2,1-4H3,(H4,20,21,22,23). The minimum atomic E-state index is -0.373. The van der Waals surface area contributed by atoms with Crippen molar-refractivity contribution < 1.29 is 14.3 Å². The summed E-state index contributed by atoms with van der Waals surface area (Å²) in [4.78, 5) is 20.2. The van der Waals surface area contributed by atoms with E-state index in [2.05, 4.69) is 23.8 Å². The molecule has 3 aromatic rings. The second kappa shape index (κ2) is 7.14. The zero-order chi connectivity index (χ0) is 19.7. The molecule has 0 saturated heterocycles. The number of aromatic nitrogens is 3. The maximum Gasteiger partial charge on any atom is 0.340 e. The van der Waals surface area contributed by atoms with E-state index in [0.717, 1.165) is 16.5 Å². The molecular weight excluding hydrogens is 346 g/mol. The Kier molecular flexibility index (Phi) is 4.89. The Hall–Kier alpha value is -3.29. The number of benzene rings is 1. The van der Waals surface area contributed by atoms with Gasteiger partial charge in [-0.3, -0.25) is 0 Å². The maximum atomic E-state index is 12.3. The van der Waals surface area contributed by atoms with Gasteiger partial charge in [0, 0.05) is 24.1 Å². The summed E-state index contributed by atoms with van der Waals surface area (Å²) in [6.07, 6.45) is 3.19. The lowest BCUT2D eigenvalue weighted by molar-refractivity contribution is 0.0528. The van der Waals surface area contributed by atoms with Gasteiger partial charge in [-0.1, -0.05) is 13.8 Å². The molecular formula is C19H23N5O3. The van der Waals surface area contributed by atoms with Gasteiger partial charge in [-0.05, 0) is 30.5 Å². The SMILES string of the molecule is CCOC(=O)c1cn(C)c2cc(C(C)C)c(Oc3cnc(N)nc3N)cc12. The first-order valence-electron chi connectivity index (χ1n) is 8.67. The molecule has 0 saturated carbocycles. The van der Waals surface area contributed by atoms with Gasteiger partial charge in [-0.25, -0.2) is 9.78 Å². The molecule has 0 amide bonds. The number of nitrogen functional groups attached to an aromatic ring is 2. The molecule has 27 heavy (non-hydrogen) atoms. The first kappa shape index (κ1) is 18.5. The van der Waals surface area contributed by atoms with Crippen LogP contribution >= 0.6 is 0 Å². The molecule has 142 valence electrons. The lowest BCUT2D eigenvalue weighted by Crippen LogP contribution is -2.04. The van der Waals surface area contributed by atoms with Crippen LogP contribution in [0.3, 0.4) is 0 Å². The average molecular weight is 369 g/mol. The van der Waals surface area contributed by atoms with Gasteiger partial charge >= 0.3 is 5.97 Å². The van der Waals surface area contributed by atoms with E-state index < -0.39 is 0 Å². The Bertz CT molecular complexity index is 1010. The van der Waals surface area contributed by atoms with Gasteiger partial charge in [-0.2, -0.15) is 4.98 Å². The molecule has 0 aliphatic heterocycles. The Balaban J connectivity index is 2.16. The number of carbonyl (C=O) groups excluding carboxylic acids is 1. The number of ether oxygens (including phenoxy) is 2. The van der Waals surface area contributed by atoms with Crippen LogP contribution in [0, 0.1) is 0 Å². The first-order valence-corrected chi connectivity index (χ1v) is 8.67. The second-order valence-corrected chi connectivity index (χ2v) is 6.52. The van der Waals surface area contributed by atoms with Crippen LogP contribution in [0.15, 0.2) is 24.5 Å². The number of nitrogens with zero attached hydrogens (tertiary/aromatic N) is 3. The van der Waals surface area contributed by atoms with Crippen molar-refractivity contribution in [2.45, 2.75) is 26.7 Å². The fraction of sp³-hybridized carbons (Fsp3) is 0.316. The molecule has 0 aliphatic carbocycles. The highest BCUT2D eigenvalue weighted by molar-refractivity contribution is 6.05. The third kappa shape index (κ3) is 3.51. The summed E-state index contributed by atoms with van der Waals surface area (Å²) in [7, 11) is 1.89. The van der Waals surface area contributed by atoms with E-state index in [1.165, 1.54) is 6.20 Å². The van der Waals surface area contributed by atoms with Crippen LogP contribution in [0.25, 0.3) is 10.9 Å². The van der Waals surface area contributed by atoms with Gasteiger partial charge in [0.25, 0.3) is 0 Å². The highest BCUT2D eigenvalue weighted by Crippen LogP contribution is 2.37. The third-order valence-electron chi connectivity index (χ3n) is 4.26. The zero-order valence-electron chi connectivity index (χ0n) is 15.8. The molecule has 4 N–H and O–H groups in total. The molecule has 0 radical (unpaired) electrons. The van der Waals surface area contributed by atoms with Gasteiger partial charge in [0.15, 0.2) is 11.6 Å². The van der Waals surface area contributed by atoms with Gasteiger partial charge < -0.3 is 25.5 Å². The number of rotatable bonds is 5. The fourth-order valence-electron chi connectivity index (χ4n) is 2.93. The van der Waals surface area contributed by atoms with Crippen molar-refractivity contribution in [3.63, 3.8) is 0 Å². The van der Waals surface area contributed by atoms with Crippen LogP contribution in [0.1, 0.15) is 42.6 Å². The summed E-state index contributed by atoms with van der Waals surface area (Å²) in [6.45, 7) is 6.21. The molecule has 8 heteroatoms. The van der Waals surface area contributed by atoms with Crippen molar-refractivity contribution in [1.29, 1.82) is 0 Å². The van der Waals surface area contributed by atoms with E-state index in [9.17, 15) is 4.79 Å². The largest absolute Gasteiger partial charge is 0.462 e. The predicted octanol–water partition coefficient (Wildman–Crippen LogP) is 3.23. The van der Waals surface area contributed by atoms with E-state index in [-0.39, 0.29) is 23.7 Å². The summed E-state index contributed by atoms with van der Waals surface area (Å²) in [5.41, 5.74) is 13.8.